The van der Waals surface area contributed by atoms with Crippen LogP contribution in [0.1, 0.15) is 20.8 Å². The molecule has 0 spiro atoms. The van der Waals surface area contributed by atoms with Crippen molar-refractivity contribution in [3.8, 4) is 11.4 Å². The number of hydrogen-bond donors (Lipinski definition) is 2. The highest BCUT2D eigenvalue weighted by atomic mass is 19.1. The number of anilines is 1. The lowest BCUT2D eigenvalue weighted by molar-refractivity contribution is -0.130. The zero-order chi connectivity index (χ0) is 23.6. The lowest BCUT2D eigenvalue weighted by Gasteiger charge is -2.36. The fraction of sp³-hybridized carbons (Fsp3) is 0.375. The quantitative estimate of drug-likeness (QED) is 0.631. The van der Waals surface area contributed by atoms with Crippen molar-refractivity contribution in [1.82, 2.24) is 20.2 Å². The van der Waals surface area contributed by atoms with E-state index in [0.717, 1.165) is 16.7 Å². The molecule has 0 unspecified atom stereocenters. The first-order valence-corrected chi connectivity index (χ1v) is 10.9. The highest BCUT2D eigenvalue weighted by Gasteiger charge is 2.23. The number of halogens is 1. The molecular weight excluding hydrogens is 425 g/mol. The fourth-order valence-electron chi connectivity index (χ4n) is 3.76. The first-order valence-electron chi connectivity index (χ1n) is 10.9. The van der Waals surface area contributed by atoms with Gasteiger partial charge in [-0.25, -0.2) is 14.2 Å². The molecule has 1 saturated heterocycles. The van der Waals surface area contributed by atoms with Gasteiger partial charge >= 0.3 is 6.09 Å². The molecule has 9 heteroatoms. The molecule has 0 saturated carbocycles. The third-order valence-electron chi connectivity index (χ3n) is 5.37. The number of fused-ring (bicyclic) bond motifs is 1. The van der Waals surface area contributed by atoms with Gasteiger partial charge in [-0.3, -0.25) is 4.79 Å². The molecule has 2 amide bonds. The Labute approximate surface area is 191 Å². The first kappa shape index (κ1) is 22.6. The number of hydrogen-bond acceptors (Lipinski definition) is 5. The smallest absolute Gasteiger partial charge is 0.408 e. The summed E-state index contributed by atoms with van der Waals surface area (Å²) in [6, 6.07) is 12.6. The van der Waals surface area contributed by atoms with E-state index in [9.17, 15) is 14.0 Å². The molecule has 2 N–H and O–H groups in total. The van der Waals surface area contributed by atoms with Crippen LogP contribution in [-0.4, -0.2) is 65.2 Å². The third-order valence-corrected chi connectivity index (χ3v) is 5.37. The number of amides is 2. The molecule has 1 fully saturated rings. The van der Waals surface area contributed by atoms with Gasteiger partial charge in [0.1, 0.15) is 23.8 Å². The number of H-pyrrole nitrogens is 1. The average Bonchev–Trinajstić information content (AvgIpc) is 3.21. The van der Waals surface area contributed by atoms with Gasteiger partial charge < -0.3 is 24.8 Å². The zero-order valence-electron chi connectivity index (χ0n) is 19.0. The van der Waals surface area contributed by atoms with E-state index in [4.69, 9.17) is 4.74 Å². The van der Waals surface area contributed by atoms with E-state index in [1.807, 2.05) is 24.3 Å². The van der Waals surface area contributed by atoms with Crippen LogP contribution in [0.15, 0.2) is 42.5 Å². The number of aromatic amines is 1. The Balaban J connectivity index is 1.37. The summed E-state index contributed by atoms with van der Waals surface area (Å²) >= 11 is 0. The first-order chi connectivity index (χ1) is 15.7. The second kappa shape index (κ2) is 9.09. The van der Waals surface area contributed by atoms with E-state index in [2.05, 4.69) is 20.2 Å². The Morgan fingerprint density at radius 2 is 1.85 bits per heavy atom. The van der Waals surface area contributed by atoms with Crippen molar-refractivity contribution in [3.05, 3.63) is 48.3 Å². The number of nitrogens with zero attached hydrogens (tertiary/aromatic N) is 3. The summed E-state index contributed by atoms with van der Waals surface area (Å²) in [6.45, 7) is 7.40. The summed E-state index contributed by atoms with van der Waals surface area (Å²) in [7, 11) is 0. The van der Waals surface area contributed by atoms with Gasteiger partial charge in [0.05, 0.1) is 16.6 Å². The number of nitrogens with one attached hydrogen (secondary N) is 2. The van der Waals surface area contributed by atoms with Gasteiger partial charge in [0, 0.05) is 31.9 Å². The number of alkyl carbamates (subject to hydrolysis) is 1. The van der Waals surface area contributed by atoms with Gasteiger partial charge in [0.15, 0.2) is 0 Å². The van der Waals surface area contributed by atoms with Crippen LogP contribution in [0, 0.1) is 5.82 Å². The van der Waals surface area contributed by atoms with Gasteiger partial charge in [0.25, 0.3) is 0 Å². The topological polar surface area (TPSA) is 90.6 Å². The summed E-state index contributed by atoms with van der Waals surface area (Å²) in [6.07, 6.45) is -0.612. The van der Waals surface area contributed by atoms with E-state index in [0.29, 0.717) is 37.6 Å². The monoisotopic (exact) mass is 453 g/mol. The van der Waals surface area contributed by atoms with Crippen molar-refractivity contribution in [2.75, 3.05) is 37.6 Å². The van der Waals surface area contributed by atoms with Gasteiger partial charge in [-0.1, -0.05) is 12.1 Å². The van der Waals surface area contributed by atoms with Crippen LogP contribution in [-0.2, 0) is 9.53 Å². The van der Waals surface area contributed by atoms with Gasteiger partial charge in [-0.15, -0.1) is 0 Å². The summed E-state index contributed by atoms with van der Waals surface area (Å²) in [5, 5.41) is 2.50. The minimum Gasteiger partial charge on any atom is -0.444 e. The fourth-order valence-corrected chi connectivity index (χ4v) is 3.76. The number of ether oxygens (including phenoxy) is 1. The molecule has 174 valence electrons. The van der Waals surface area contributed by atoms with Crippen LogP contribution in [0.2, 0.25) is 0 Å². The molecule has 8 nitrogen and oxygen atoms in total. The molecule has 0 atom stereocenters. The predicted octanol–water partition coefficient (Wildman–Crippen LogP) is 3.54. The summed E-state index contributed by atoms with van der Waals surface area (Å²) in [4.78, 5) is 35.7. The Kier molecular flexibility index (Phi) is 6.22. The van der Waals surface area contributed by atoms with E-state index < -0.39 is 11.7 Å². The van der Waals surface area contributed by atoms with Gasteiger partial charge in [0.2, 0.25) is 5.91 Å². The van der Waals surface area contributed by atoms with Crippen molar-refractivity contribution < 1.29 is 18.7 Å². The molecule has 2 aromatic carbocycles. The maximum Gasteiger partial charge on any atom is 0.408 e. The second-order valence-electron chi connectivity index (χ2n) is 8.99. The van der Waals surface area contributed by atoms with Crippen molar-refractivity contribution in [2.45, 2.75) is 26.4 Å². The summed E-state index contributed by atoms with van der Waals surface area (Å²) in [5.74, 6) is -0.0278. The van der Waals surface area contributed by atoms with Gasteiger partial charge in [-0.2, -0.15) is 0 Å². The molecule has 33 heavy (non-hydrogen) atoms. The largest absolute Gasteiger partial charge is 0.444 e. The Hall–Kier alpha value is -3.62. The average molecular weight is 454 g/mol. The molecule has 3 aromatic rings. The Morgan fingerprint density at radius 3 is 2.55 bits per heavy atom. The summed E-state index contributed by atoms with van der Waals surface area (Å²) in [5.41, 5.74) is 2.29. The standard InChI is InChI=1S/C24H28FN5O3/c1-24(2,3)33-23(32)26-15-21(31)30-12-10-29(11-13-30)16-8-9-18(25)17(14-16)22-27-19-6-4-5-7-20(19)28-22/h4-9,14H,10-13,15H2,1-3H3,(H,26,32)(H,27,28). The number of para-hydroxylation sites is 2. The second-order valence-corrected chi connectivity index (χ2v) is 8.99. The maximum atomic E-state index is 14.6. The van der Waals surface area contributed by atoms with Crippen LogP contribution < -0.4 is 10.2 Å². The number of imidazole rings is 1. The maximum absolute atomic E-state index is 14.6. The number of carbonyl (C=O) groups is 2. The lowest BCUT2D eigenvalue weighted by Crippen LogP contribution is -2.51. The molecule has 1 aromatic heterocycles. The molecule has 0 aliphatic carbocycles. The molecule has 2 heterocycles. The van der Waals surface area contributed by atoms with E-state index >= 15 is 0 Å². The zero-order valence-corrected chi connectivity index (χ0v) is 19.0. The van der Waals surface area contributed by atoms with Crippen molar-refractivity contribution >= 4 is 28.7 Å². The summed E-state index contributed by atoms with van der Waals surface area (Å²) < 4.78 is 19.8. The molecule has 1 aliphatic rings. The van der Waals surface area contributed by atoms with Crippen LogP contribution in [0.5, 0.6) is 0 Å². The van der Waals surface area contributed by atoms with Crippen LogP contribution in [0.3, 0.4) is 0 Å². The predicted molar refractivity (Wildman–Crippen MR) is 125 cm³/mol. The Morgan fingerprint density at radius 1 is 1.12 bits per heavy atom. The molecule has 0 bridgehead atoms. The molecule has 4 rings (SSSR count). The van der Waals surface area contributed by atoms with Crippen molar-refractivity contribution in [2.24, 2.45) is 0 Å². The third kappa shape index (κ3) is 5.42. The van der Waals surface area contributed by atoms with E-state index in [-0.39, 0.29) is 18.3 Å². The normalized spacial score (nSPS) is 14.4. The van der Waals surface area contributed by atoms with Crippen molar-refractivity contribution in [3.63, 3.8) is 0 Å². The number of aromatic nitrogens is 2. The highest BCUT2D eigenvalue weighted by molar-refractivity contribution is 5.83. The number of rotatable bonds is 4. The van der Waals surface area contributed by atoms with E-state index in [1.165, 1.54) is 6.07 Å². The SMILES string of the molecule is CC(C)(C)OC(=O)NCC(=O)N1CCN(c2ccc(F)c(-c3nc4ccccc4[nH]3)c2)CC1. The minimum atomic E-state index is -0.616. The highest BCUT2D eigenvalue weighted by Crippen LogP contribution is 2.28. The lowest BCUT2D eigenvalue weighted by atomic mass is 10.1. The molecule has 1 aliphatic heterocycles. The number of benzene rings is 2. The van der Waals surface area contributed by atoms with Crippen LogP contribution in [0.4, 0.5) is 14.9 Å². The number of carbonyl (C=O) groups excluding carboxylic acids is 2. The van der Waals surface area contributed by atoms with E-state index in [1.54, 1.807) is 37.8 Å². The molecule has 0 radical (unpaired) electrons. The molecular formula is C24H28FN5O3. The minimum absolute atomic E-state index is 0.109. The number of piperazine rings is 1. The Bertz CT molecular complexity index is 1130. The van der Waals surface area contributed by atoms with Crippen LogP contribution >= 0.6 is 0 Å². The van der Waals surface area contributed by atoms with Gasteiger partial charge in [-0.05, 0) is 51.1 Å². The van der Waals surface area contributed by atoms with Crippen LogP contribution in [0.25, 0.3) is 22.4 Å². The van der Waals surface area contributed by atoms with Crippen molar-refractivity contribution in [1.29, 1.82) is 0 Å².